The maximum Gasteiger partial charge on any atom is 0.329 e. The molecule has 138 valence electrons. The topological polar surface area (TPSA) is 88.1 Å². The lowest BCUT2D eigenvalue weighted by Gasteiger charge is -2.36. The zero-order valence-corrected chi connectivity index (χ0v) is 14.8. The third kappa shape index (κ3) is 3.28. The Hall–Kier alpha value is -3.22. The zero-order chi connectivity index (χ0) is 18.8. The van der Waals surface area contributed by atoms with Crippen LogP contribution in [0.2, 0.25) is 0 Å². The number of aromatic nitrogens is 3. The minimum absolute atomic E-state index is 0.0739. The Kier molecular flexibility index (Phi) is 4.58. The van der Waals surface area contributed by atoms with E-state index in [0.29, 0.717) is 17.4 Å². The summed E-state index contributed by atoms with van der Waals surface area (Å²) in [7, 11) is 0. The smallest absolute Gasteiger partial charge is 0.329 e. The maximum atomic E-state index is 13.0. The fraction of sp³-hybridized carbons (Fsp3) is 0.300. The third-order valence-corrected chi connectivity index (χ3v) is 5.08. The van der Waals surface area contributed by atoms with E-state index >= 15 is 0 Å². The second-order valence-electron chi connectivity index (χ2n) is 6.75. The number of nitrogens with one attached hydrogen (secondary N) is 1. The molecule has 1 aliphatic rings. The summed E-state index contributed by atoms with van der Waals surface area (Å²) in [5, 5.41) is 0.396. The van der Waals surface area contributed by atoms with Gasteiger partial charge in [0.25, 0.3) is 5.56 Å². The number of aromatic amines is 1. The highest BCUT2D eigenvalue weighted by Gasteiger charge is 2.28. The van der Waals surface area contributed by atoms with Gasteiger partial charge in [-0.2, -0.15) is 0 Å². The number of fused-ring (bicyclic) bond motifs is 1. The number of amides is 1. The number of hydrogen-bond donors (Lipinski definition) is 1. The van der Waals surface area contributed by atoms with Crippen molar-refractivity contribution in [3.05, 3.63) is 75.2 Å². The van der Waals surface area contributed by atoms with Crippen molar-refractivity contribution in [3.63, 3.8) is 0 Å². The molecule has 1 fully saturated rings. The van der Waals surface area contributed by atoms with Gasteiger partial charge >= 0.3 is 5.69 Å². The molecule has 7 nitrogen and oxygen atoms in total. The van der Waals surface area contributed by atoms with Gasteiger partial charge in [0.1, 0.15) is 6.54 Å². The molecule has 1 aliphatic heterocycles. The van der Waals surface area contributed by atoms with Crippen molar-refractivity contribution in [2.45, 2.75) is 31.8 Å². The second kappa shape index (κ2) is 7.19. The van der Waals surface area contributed by atoms with Crippen LogP contribution >= 0.6 is 0 Å². The average molecular weight is 364 g/mol. The Labute approximate surface area is 155 Å². The van der Waals surface area contributed by atoms with Gasteiger partial charge in [-0.15, -0.1) is 0 Å². The molecule has 7 heteroatoms. The van der Waals surface area contributed by atoms with Crippen molar-refractivity contribution in [2.24, 2.45) is 0 Å². The van der Waals surface area contributed by atoms with E-state index in [1.165, 1.54) is 0 Å². The Bertz CT molecular complexity index is 1090. The molecule has 0 aliphatic carbocycles. The lowest BCUT2D eigenvalue weighted by atomic mass is 9.96. The molecular formula is C20H20N4O3. The molecule has 0 saturated carbocycles. The highest BCUT2D eigenvalue weighted by Crippen LogP contribution is 2.30. The molecule has 1 aromatic carbocycles. The lowest BCUT2D eigenvalue weighted by Crippen LogP contribution is -2.45. The Morgan fingerprint density at radius 3 is 2.81 bits per heavy atom. The second-order valence-corrected chi connectivity index (χ2v) is 6.75. The van der Waals surface area contributed by atoms with Gasteiger partial charge in [-0.1, -0.05) is 18.2 Å². The third-order valence-electron chi connectivity index (χ3n) is 5.08. The number of likely N-dealkylation sites (tertiary alicyclic amines) is 1. The molecule has 1 amide bonds. The number of pyridine rings is 1. The molecule has 1 atom stereocenters. The van der Waals surface area contributed by atoms with Crippen LogP contribution in [0.15, 0.2) is 58.4 Å². The van der Waals surface area contributed by atoms with E-state index in [9.17, 15) is 14.4 Å². The normalized spacial score (nSPS) is 17.2. The first-order valence-corrected chi connectivity index (χ1v) is 9.06. The quantitative estimate of drug-likeness (QED) is 0.768. The number of nitrogens with zero attached hydrogens (tertiary/aromatic N) is 3. The summed E-state index contributed by atoms with van der Waals surface area (Å²) in [6.45, 7) is 0.342. The number of para-hydroxylation sites is 1. The molecule has 3 aromatic rings. The molecule has 1 N–H and O–H groups in total. The van der Waals surface area contributed by atoms with Crippen LogP contribution in [0.4, 0.5) is 0 Å². The summed E-state index contributed by atoms with van der Waals surface area (Å²) in [5.74, 6) is -0.230. The van der Waals surface area contributed by atoms with Gasteiger partial charge in [0.05, 0.1) is 16.9 Å². The van der Waals surface area contributed by atoms with Crippen molar-refractivity contribution in [1.82, 2.24) is 19.4 Å². The Morgan fingerprint density at radius 2 is 2.00 bits per heavy atom. The predicted molar refractivity (Wildman–Crippen MR) is 101 cm³/mol. The summed E-state index contributed by atoms with van der Waals surface area (Å²) >= 11 is 0. The molecule has 27 heavy (non-hydrogen) atoms. The van der Waals surface area contributed by atoms with Gasteiger partial charge in [-0.05, 0) is 43.0 Å². The van der Waals surface area contributed by atoms with Gasteiger partial charge in [0.15, 0.2) is 0 Å². The van der Waals surface area contributed by atoms with Crippen molar-refractivity contribution < 1.29 is 4.79 Å². The van der Waals surface area contributed by atoms with E-state index in [0.717, 1.165) is 29.4 Å². The number of H-pyrrole nitrogens is 1. The first-order valence-electron chi connectivity index (χ1n) is 9.06. The van der Waals surface area contributed by atoms with E-state index in [4.69, 9.17) is 0 Å². The van der Waals surface area contributed by atoms with Crippen LogP contribution in [0, 0.1) is 0 Å². The van der Waals surface area contributed by atoms with Crippen molar-refractivity contribution in [3.8, 4) is 0 Å². The summed E-state index contributed by atoms with van der Waals surface area (Å²) < 4.78 is 0.986. The Morgan fingerprint density at radius 1 is 1.15 bits per heavy atom. The SMILES string of the molecule is O=C(Cn1c(=O)[nH]c2ccccc2c1=O)N1CCCC[C@@H]1c1cccnc1. The zero-order valence-electron chi connectivity index (χ0n) is 14.8. The van der Waals surface area contributed by atoms with E-state index in [-0.39, 0.29) is 18.5 Å². The molecule has 3 heterocycles. The minimum atomic E-state index is -0.568. The molecule has 1 saturated heterocycles. The monoisotopic (exact) mass is 364 g/mol. The summed E-state index contributed by atoms with van der Waals surface area (Å²) in [6, 6.07) is 10.5. The van der Waals surface area contributed by atoms with Gasteiger partial charge in [-0.25, -0.2) is 4.79 Å². The van der Waals surface area contributed by atoms with E-state index in [1.54, 1.807) is 41.6 Å². The summed E-state index contributed by atoms with van der Waals surface area (Å²) in [5.41, 5.74) is 0.437. The summed E-state index contributed by atoms with van der Waals surface area (Å²) in [6.07, 6.45) is 6.25. The summed E-state index contributed by atoms with van der Waals surface area (Å²) in [4.78, 5) is 46.6. The van der Waals surface area contributed by atoms with E-state index < -0.39 is 11.2 Å². The van der Waals surface area contributed by atoms with Crippen LogP contribution in [-0.2, 0) is 11.3 Å². The van der Waals surface area contributed by atoms with Gasteiger partial charge in [0.2, 0.25) is 5.91 Å². The molecular weight excluding hydrogens is 344 g/mol. The van der Waals surface area contributed by atoms with Gasteiger partial charge in [-0.3, -0.25) is 19.1 Å². The number of piperidine rings is 1. The maximum absolute atomic E-state index is 13.0. The van der Waals surface area contributed by atoms with Crippen LogP contribution in [0.3, 0.4) is 0 Å². The number of rotatable bonds is 3. The minimum Gasteiger partial charge on any atom is -0.334 e. The van der Waals surface area contributed by atoms with Crippen molar-refractivity contribution >= 4 is 16.8 Å². The standard InChI is InChI=1S/C20H20N4O3/c25-18(23-11-4-3-9-17(23)14-6-5-10-21-12-14)13-24-19(26)15-7-1-2-8-16(15)22-20(24)27/h1-2,5-8,10,12,17H,3-4,9,11,13H2,(H,22,27)/t17-/m1/s1. The molecule has 0 unspecified atom stereocenters. The Balaban J connectivity index is 1.66. The average Bonchev–Trinajstić information content (AvgIpc) is 2.71. The van der Waals surface area contributed by atoms with Crippen molar-refractivity contribution in [2.75, 3.05) is 6.54 Å². The number of benzene rings is 1. The molecule has 2 aromatic heterocycles. The van der Waals surface area contributed by atoms with Gasteiger partial charge in [0, 0.05) is 18.9 Å². The van der Waals surface area contributed by atoms with Gasteiger partial charge < -0.3 is 9.88 Å². The van der Waals surface area contributed by atoms with Crippen LogP contribution in [0.1, 0.15) is 30.9 Å². The number of carbonyl (C=O) groups excluding carboxylic acids is 1. The fourth-order valence-electron chi connectivity index (χ4n) is 3.72. The highest BCUT2D eigenvalue weighted by atomic mass is 16.2. The molecule has 4 rings (SSSR count). The number of carbonyl (C=O) groups is 1. The first kappa shape index (κ1) is 17.2. The van der Waals surface area contributed by atoms with E-state index in [2.05, 4.69) is 9.97 Å². The lowest BCUT2D eigenvalue weighted by molar-refractivity contribution is -0.135. The molecule has 0 bridgehead atoms. The highest BCUT2D eigenvalue weighted by molar-refractivity contribution is 5.79. The predicted octanol–water partition coefficient (Wildman–Crippen LogP) is 1.84. The fourth-order valence-corrected chi connectivity index (χ4v) is 3.72. The van der Waals surface area contributed by atoms with Crippen LogP contribution < -0.4 is 11.2 Å². The largest absolute Gasteiger partial charge is 0.334 e. The van der Waals surface area contributed by atoms with Crippen LogP contribution in [0.5, 0.6) is 0 Å². The van der Waals surface area contributed by atoms with E-state index in [1.807, 2.05) is 12.1 Å². The molecule has 0 radical (unpaired) electrons. The first-order chi connectivity index (χ1) is 13.1. The van der Waals surface area contributed by atoms with Crippen LogP contribution in [-0.4, -0.2) is 31.9 Å². The van der Waals surface area contributed by atoms with Crippen LogP contribution in [0.25, 0.3) is 10.9 Å². The van der Waals surface area contributed by atoms with Crippen molar-refractivity contribution in [1.29, 1.82) is 0 Å². The number of hydrogen-bond acceptors (Lipinski definition) is 4. The molecule has 0 spiro atoms.